The number of halogens is 1. The van der Waals surface area contributed by atoms with Crippen LogP contribution in [-0.4, -0.2) is 19.7 Å². The molecule has 5 nitrogen and oxygen atoms in total. The molecule has 0 saturated heterocycles. The quantitative estimate of drug-likeness (QED) is 0.403. The normalized spacial score (nSPS) is 12.2. The summed E-state index contributed by atoms with van der Waals surface area (Å²) < 4.78 is 7.59. The molecular weight excluding hydrogens is 380 g/mol. The van der Waals surface area contributed by atoms with E-state index in [4.69, 9.17) is 16.0 Å². The third kappa shape index (κ3) is 3.91. The van der Waals surface area contributed by atoms with Crippen molar-refractivity contribution in [2.75, 3.05) is 0 Å². The fourth-order valence-electron chi connectivity index (χ4n) is 2.81. The second kappa shape index (κ2) is 7.98. The lowest BCUT2D eigenvalue weighted by molar-refractivity contribution is 0.485. The Balaban J connectivity index is 1.70. The van der Waals surface area contributed by atoms with E-state index in [2.05, 4.69) is 22.1 Å². The Labute approximate surface area is 166 Å². The molecule has 4 aromatic rings. The first kappa shape index (κ1) is 17.8. The van der Waals surface area contributed by atoms with Gasteiger partial charge in [0.25, 0.3) is 0 Å². The first-order valence-corrected chi connectivity index (χ1v) is 9.75. The van der Waals surface area contributed by atoms with Gasteiger partial charge in [0.15, 0.2) is 11.0 Å². The minimum Gasteiger partial charge on any atom is -0.467 e. The predicted molar refractivity (Wildman–Crippen MR) is 107 cm³/mol. The zero-order valence-electron chi connectivity index (χ0n) is 14.6. The van der Waals surface area contributed by atoms with Gasteiger partial charge in [0, 0.05) is 28.2 Å². The molecule has 0 aliphatic rings. The van der Waals surface area contributed by atoms with E-state index in [1.54, 1.807) is 30.4 Å². The van der Waals surface area contributed by atoms with Gasteiger partial charge in [-0.3, -0.25) is 9.55 Å². The predicted octanol–water partition coefficient (Wildman–Crippen LogP) is 5.49. The standard InChI is InChI=1S/C20H17ClN4OS/c1-14(17-8-2-3-9-18(17)21)27-20-24-23-19(15-6-4-10-22-12-15)25(20)13-16-7-5-11-26-16/h2-12,14H,13H2,1H3/t14-/m1/s1. The van der Waals surface area contributed by atoms with Crippen molar-refractivity contribution in [2.45, 2.75) is 23.9 Å². The van der Waals surface area contributed by atoms with E-state index in [-0.39, 0.29) is 5.25 Å². The molecule has 3 heterocycles. The highest BCUT2D eigenvalue weighted by Gasteiger charge is 2.19. The summed E-state index contributed by atoms with van der Waals surface area (Å²) in [6.45, 7) is 2.66. The smallest absolute Gasteiger partial charge is 0.192 e. The maximum atomic E-state index is 6.36. The molecule has 0 aliphatic heterocycles. The molecule has 0 saturated carbocycles. The summed E-state index contributed by atoms with van der Waals surface area (Å²) >= 11 is 7.98. The molecule has 3 aromatic heterocycles. The largest absolute Gasteiger partial charge is 0.467 e. The summed E-state index contributed by atoms with van der Waals surface area (Å²) in [5.74, 6) is 1.60. The number of furan rings is 1. The summed E-state index contributed by atoms with van der Waals surface area (Å²) in [5.41, 5.74) is 1.98. The molecule has 136 valence electrons. The highest BCUT2D eigenvalue weighted by Crippen LogP contribution is 2.38. The molecule has 0 spiro atoms. The van der Waals surface area contributed by atoms with E-state index in [9.17, 15) is 0 Å². The minimum atomic E-state index is 0.125. The van der Waals surface area contributed by atoms with Gasteiger partial charge in [0.05, 0.1) is 12.8 Å². The van der Waals surface area contributed by atoms with Crippen LogP contribution in [0.5, 0.6) is 0 Å². The van der Waals surface area contributed by atoms with E-state index < -0.39 is 0 Å². The van der Waals surface area contributed by atoms with E-state index in [0.29, 0.717) is 6.54 Å². The van der Waals surface area contributed by atoms with Crippen LogP contribution in [0.25, 0.3) is 11.4 Å². The third-order valence-corrected chi connectivity index (χ3v) is 5.62. The molecule has 0 unspecified atom stereocenters. The molecule has 1 atom stereocenters. The van der Waals surface area contributed by atoms with Crippen molar-refractivity contribution in [1.82, 2.24) is 19.7 Å². The Kier molecular flexibility index (Phi) is 5.27. The first-order chi connectivity index (χ1) is 13.2. The molecule has 27 heavy (non-hydrogen) atoms. The zero-order valence-corrected chi connectivity index (χ0v) is 16.2. The molecule has 0 aliphatic carbocycles. The van der Waals surface area contributed by atoms with Crippen LogP contribution in [0, 0.1) is 0 Å². The number of hydrogen-bond donors (Lipinski definition) is 0. The Morgan fingerprint density at radius 3 is 2.74 bits per heavy atom. The van der Waals surface area contributed by atoms with Gasteiger partial charge in [-0.25, -0.2) is 0 Å². The van der Waals surface area contributed by atoms with Crippen LogP contribution >= 0.6 is 23.4 Å². The van der Waals surface area contributed by atoms with E-state index in [1.165, 1.54) is 0 Å². The number of rotatable bonds is 6. The van der Waals surface area contributed by atoms with Crippen molar-refractivity contribution in [2.24, 2.45) is 0 Å². The fraction of sp³-hybridized carbons (Fsp3) is 0.150. The van der Waals surface area contributed by atoms with Crippen LogP contribution in [0.2, 0.25) is 5.02 Å². The highest BCUT2D eigenvalue weighted by molar-refractivity contribution is 7.99. The molecule has 0 amide bonds. The van der Waals surface area contributed by atoms with Gasteiger partial charge in [-0.15, -0.1) is 10.2 Å². The number of hydrogen-bond acceptors (Lipinski definition) is 5. The number of nitrogens with zero attached hydrogens (tertiary/aromatic N) is 4. The molecule has 0 N–H and O–H groups in total. The number of aromatic nitrogens is 4. The highest BCUT2D eigenvalue weighted by atomic mass is 35.5. The lowest BCUT2D eigenvalue weighted by atomic mass is 10.2. The molecule has 0 radical (unpaired) electrons. The van der Waals surface area contributed by atoms with Gasteiger partial charge in [-0.05, 0) is 42.8 Å². The maximum Gasteiger partial charge on any atom is 0.192 e. The molecule has 4 rings (SSSR count). The van der Waals surface area contributed by atoms with E-state index in [0.717, 1.165) is 32.9 Å². The Bertz CT molecular complexity index is 1020. The Hall–Kier alpha value is -2.57. The minimum absolute atomic E-state index is 0.125. The fourth-order valence-corrected chi connectivity index (χ4v) is 4.19. The monoisotopic (exact) mass is 396 g/mol. The summed E-state index contributed by atoms with van der Waals surface area (Å²) in [7, 11) is 0. The second-order valence-corrected chi connectivity index (χ2v) is 7.71. The van der Waals surface area contributed by atoms with Gasteiger partial charge in [-0.2, -0.15) is 0 Å². The lowest BCUT2D eigenvalue weighted by Gasteiger charge is -2.14. The lowest BCUT2D eigenvalue weighted by Crippen LogP contribution is -2.04. The van der Waals surface area contributed by atoms with Crippen LogP contribution in [0.15, 0.2) is 76.8 Å². The average Bonchev–Trinajstić information content (AvgIpc) is 3.34. The summed E-state index contributed by atoms with van der Waals surface area (Å²) in [6, 6.07) is 15.6. The number of benzene rings is 1. The topological polar surface area (TPSA) is 56.7 Å². The van der Waals surface area contributed by atoms with Gasteiger partial charge in [-0.1, -0.05) is 41.6 Å². The van der Waals surface area contributed by atoms with Crippen LogP contribution in [0.3, 0.4) is 0 Å². The number of thioether (sulfide) groups is 1. The molecular formula is C20H17ClN4OS. The van der Waals surface area contributed by atoms with Gasteiger partial charge < -0.3 is 4.42 Å². The first-order valence-electron chi connectivity index (χ1n) is 8.49. The third-order valence-electron chi connectivity index (χ3n) is 4.16. The van der Waals surface area contributed by atoms with Crippen LogP contribution < -0.4 is 0 Å². The molecule has 0 fully saturated rings. The van der Waals surface area contributed by atoms with Crippen molar-refractivity contribution >= 4 is 23.4 Å². The Morgan fingerprint density at radius 2 is 2.00 bits per heavy atom. The van der Waals surface area contributed by atoms with Crippen molar-refractivity contribution in [3.05, 3.63) is 83.5 Å². The van der Waals surface area contributed by atoms with E-state index >= 15 is 0 Å². The van der Waals surface area contributed by atoms with Gasteiger partial charge in [0.2, 0.25) is 0 Å². The molecule has 1 aromatic carbocycles. The van der Waals surface area contributed by atoms with Crippen molar-refractivity contribution in [3.8, 4) is 11.4 Å². The van der Waals surface area contributed by atoms with Crippen LogP contribution in [0.4, 0.5) is 0 Å². The average molecular weight is 397 g/mol. The van der Waals surface area contributed by atoms with Crippen molar-refractivity contribution < 1.29 is 4.42 Å². The van der Waals surface area contributed by atoms with Gasteiger partial charge >= 0.3 is 0 Å². The zero-order chi connectivity index (χ0) is 18.6. The maximum absolute atomic E-state index is 6.36. The molecule has 7 heteroatoms. The SMILES string of the molecule is C[C@@H](Sc1nnc(-c2cccnc2)n1Cc1ccco1)c1ccccc1Cl. The Morgan fingerprint density at radius 1 is 1.11 bits per heavy atom. The van der Waals surface area contributed by atoms with Crippen LogP contribution in [-0.2, 0) is 6.54 Å². The van der Waals surface area contributed by atoms with Gasteiger partial charge in [0.1, 0.15) is 5.76 Å². The summed E-state index contributed by atoms with van der Waals surface area (Å²) in [5, 5.41) is 10.5. The number of pyridine rings is 1. The van der Waals surface area contributed by atoms with E-state index in [1.807, 2.05) is 53.1 Å². The van der Waals surface area contributed by atoms with Crippen molar-refractivity contribution in [1.29, 1.82) is 0 Å². The molecule has 0 bridgehead atoms. The second-order valence-electron chi connectivity index (χ2n) is 5.99. The summed E-state index contributed by atoms with van der Waals surface area (Å²) in [4.78, 5) is 4.20. The van der Waals surface area contributed by atoms with Crippen molar-refractivity contribution in [3.63, 3.8) is 0 Å². The summed E-state index contributed by atoms with van der Waals surface area (Å²) in [6.07, 6.45) is 5.20. The van der Waals surface area contributed by atoms with Crippen LogP contribution in [0.1, 0.15) is 23.5 Å².